The van der Waals surface area contributed by atoms with Gasteiger partial charge in [0.25, 0.3) is 5.91 Å². The second kappa shape index (κ2) is 4.20. The number of fused-ring (bicyclic) bond motifs is 1. The fourth-order valence-electron chi connectivity index (χ4n) is 2.03. The Morgan fingerprint density at radius 1 is 1.26 bits per heavy atom. The van der Waals surface area contributed by atoms with E-state index in [1.807, 2.05) is 0 Å². The van der Waals surface area contributed by atoms with E-state index in [1.165, 1.54) is 18.3 Å². The molecule has 94 valence electrons. The molecule has 0 saturated carbocycles. The zero-order valence-electron chi connectivity index (χ0n) is 9.85. The standard InChI is InChI=1S/C14H10FN3O/c15-10-3-1-2-8(4-10)9-5-11-12(13(16)19)7-18-14(11)17-6-9/h1-7H,(H2,16,19)(H,17,18). The first-order valence-corrected chi connectivity index (χ1v) is 5.68. The number of aromatic nitrogens is 2. The Labute approximate surface area is 108 Å². The Kier molecular flexibility index (Phi) is 2.52. The van der Waals surface area contributed by atoms with Gasteiger partial charge in [0.2, 0.25) is 0 Å². The summed E-state index contributed by atoms with van der Waals surface area (Å²) in [7, 11) is 0. The number of rotatable bonds is 2. The molecule has 3 aromatic rings. The largest absolute Gasteiger partial charge is 0.366 e. The van der Waals surface area contributed by atoms with Gasteiger partial charge in [0.1, 0.15) is 11.5 Å². The molecule has 4 nitrogen and oxygen atoms in total. The fraction of sp³-hybridized carbons (Fsp3) is 0. The van der Waals surface area contributed by atoms with Crippen molar-refractivity contribution in [2.75, 3.05) is 0 Å². The summed E-state index contributed by atoms with van der Waals surface area (Å²) >= 11 is 0. The molecule has 0 fully saturated rings. The highest BCUT2D eigenvalue weighted by Gasteiger charge is 2.11. The quantitative estimate of drug-likeness (QED) is 0.738. The van der Waals surface area contributed by atoms with Crippen molar-refractivity contribution in [2.45, 2.75) is 0 Å². The van der Waals surface area contributed by atoms with Crippen molar-refractivity contribution in [3.63, 3.8) is 0 Å². The molecule has 0 radical (unpaired) electrons. The van der Waals surface area contributed by atoms with Gasteiger partial charge in [-0.1, -0.05) is 12.1 Å². The highest BCUT2D eigenvalue weighted by molar-refractivity contribution is 6.05. The van der Waals surface area contributed by atoms with Gasteiger partial charge in [-0.15, -0.1) is 0 Å². The number of H-pyrrole nitrogens is 1. The zero-order chi connectivity index (χ0) is 13.4. The van der Waals surface area contributed by atoms with Crippen LogP contribution >= 0.6 is 0 Å². The smallest absolute Gasteiger partial charge is 0.250 e. The minimum absolute atomic E-state index is 0.318. The van der Waals surface area contributed by atoms with Gasteiger partial charge in [-0.2, -0.15) is 0 Å². The van der Waals surface area contributed by atoms with Gasteiger partial charge in [-0.3, -0.25) is 4.79 Å². The van der Waals surface area contributed by atoms with Crippen LogP contribution in [-0.2, 0) is 0 Å². The predicted molar refractivity (Wildman–Crippen MR) is 70.0 cm³/mol. The van der Waals surface area contributed by atoms with Gasteiger partial charge in [0, 0.05) is 23.3 Å². The molecule has 2 aromatic heterocycles. The van der Waals surface area contributed by atoms with Crippen LogP contribution in [0.5, 0.6) is 0 Å². The Hall–Kier alpha value is -2.69. The third-order valence-corrected chi connectivity index (χ3v) is 2.95. The number of nitrogens with zero attached hydrogens (tertiary/aromatic N) is 1. The van der Waals surface area contributed by atoms with Crippen LogP contribution in [0.2, 0.25) is 0 Å². The van der Waals surface area contributed by atoms with Crippen LogP contribution in [0.4, 0.5) is 4.39 Å². The molecule has 3 rings (SSSR count). The summed E-state index contributed by atoms with van der Waals surface area (Å²) in [6, 6.07) is 7.97. The van der Waals surface area contributed by atoms with Gasteiger partial charge < -0.3 is 10.7 Å². The van der Waals surface area contributed by atoms with Crippen molar-refractivity contribution in [3.8, 4) is 11.1 Å². The number of nitrogens with two attached hydrogens (primary N) is 1. The number of aromatic amines is 1. The maximum absolute atomic E-state index is 13.2. The van der Waals surface area contributed by atoms with E-state index in [-0.39, 0.29) is 5.82 Å². The topological polar surface area (TPSA) is 71.8 Å². The van der Waals surface area contributed by atoms with Crippen molar-refractivity contribution in [2.24, 2.45) is 5.73 Å². The number of nitrogens with one attached hydrogen (secondary N) is 1. The summed E-state index contributed by atoms with van der Waals surface area (Å²) in [5, 5.41) is 0.634. The van der Waals surface area contributed by atoms with Crippen molar-refractivity contribution in [3.05, 3.63) is 54.1 Å². The summed E-state index contributed by atoms with van der Waals surface area (Å²) in [5.41, 5.74) is 7.67. The van der Waals surface area contributed by atoms with E-state index in [9.17, 15) is 9.18 Å². The predicted octanol–water partition coefficient (Wildman–Crippen LogP) is 2.47. The summed E-state index contributed by atoms with van der Waals surface area (Å²) < 4.78 is 13.2. The van der Waals surface area contributed by atoms with Gasteiger partial charge in [-0.05, 0) is 23.8 Å². The Morgan fingerprint density at radius 3 is 2.84 bits per heavy atom. The summed E-state index contributed by atoms with van der Waals surface area (Å²) in [5.74, 6) is -0.841. The highest BCUT2D eigenvalue weighted by atomic mass is 19.1. The van der Waals surface area contributed by atoms with E-state index in [4.69, 9.17) is 5.73 Å². The van der Waals surface area contributed by atoms with E-state index in [0.29, 0.717) is 22.2 Å². The molecule has 19 heavy (non-hydrogen) atoms. The first kappa shape index (κ1) is 11.4. The second-order valence-corrected chi connectivity index (χ2v) is 4.20. The monoisotopic (exact) mass is 255 g/mol. The minimum atomic E-state index is -0.524. The number of halogens is 1. The molecule has 0 aliphatic heterocycles. The number of carbonyl (C=O) groups is 1. The molecular weight excluding hydrogens is 245 g/mol. The lowest BCUT2D eigenvalue weighted by Gasteiger charge is -2.02. The SMILES string of the molecule is NC(=O)c1c[nH]c2ncc(-c3cccc(F)c3)cc12. The van der Waals surface area contributed by atoms with Crippen LogP contribution in [0.1, 0.15) is 10.4 Å². The third kappa shape index (κ3) is 1.95. The summed E-state index contributed by atoms with van der Waals surface area (Å²) in [4.78, 5) is 18.4. The van der Waals surface area contributed by atoms with E-state index < -0.39 is 5.91 Å². The molecule has 2 heterocycles. The lowest BCUT2D eigenvalue weighted by atomic mass is 10.1. The highest BCUT2D eigenvalue weighted by Crippen LogP contribution is 2.24. The molecule has 0 spiro atoms. The lowest BCUT2D eigenvalue weighted by Crippen LogP contribution is -2.09. The number of pyridine rings is 1. The van der Waals surface area contributed by atoms with Crippen LogP contribution in [0, 0.1) is 5.82 Å². The van der Waals surface area contributed by atoms with E-state index >= 15 is 0 Å². The number of primary amides is 1. The zero-order valence-corrected chi connectivity index (χ0v) is 9.85. The normalized spacial score (nSPS) is 10.8. The molecule has 5 heteroatoms. The average molecular weight is 255 g/mol. The number of hydrogen-bond acceptors (Lipinski definition) is 2. The number of hydrogen-bond donors (Lipinski definition) is 2. The molecule has 0 saturated heterocycles. The average Bonchev–Trinajstić information content (AvgIpc) is 2.81. The van der Waals surface area contributed by atoms with Crippen LogP contribution in [-0.4, -0.2) is 15.9 Å². The third-order valence-electron chi connectivity index (χ3n) is 2.95. The van der Waals surface area contributed by atoms with E-state index in [1.54, 1.807) is 24.4 Å². The first-order chi connectivity index (χ1) is 9.15. The molecule has 0 atom stereocenters. The molecule has 1 aromatic carbocycles. The fourth-order valence-corrected chi connectivity index (χ4v) is 2.03. The number of carbonyl (C=O) groups excluding carboxylic acids is 1. The molecule has 0 aliphatic carbocycles. The molecule has 1 amide bonds. The molecule has 0 unspecified atom stereocenters. The lowest BCUT2D eigenvalue weighted by molar-refractivity contribution is 0.100. The second-order valence-electron chi connectivity index (χ2n) is 4.20. The van der Waals surface area contributed by atoms with Crippen molar-refractivity contribution in [1.82, 2.24) is 9.97 Å². The first-order valence-electron chi connectivity index (χ1n) is 5.68. The van der Waals surface area contributed by atoms with Crippen LogP contribution < -0.4 is 5.73 Å². The van der Waals surface area contributed by atoms with Crippen LogP contribution in [0.15, 0.2) is 42.7 Å². The minimum Gasteiger partial charge on any atom is -0.366 e. The van der Waals surface area contributed by atoms with Crippen molar-refractivity contribution in [1.29, 1.82) is 0 Å². The molecule has 0 aliphatic rings. The Balaban J connectivity index is 2.20. The van der Waals surface area contributed by atoms with Gasteiger partial charge in [-0.25, -0.2) is 9.37 Å². The van der Waals surface area contributed by atoms with E-state index in [0.717, 1.165) is 5.56 Å². The number of benzene rings is 1. The molecule has 3 N–H and O–H groups in total. The summed E-state index contributed by atoms with van der Waals surface area (Å²) in [6.07, 6.45) is 3.15. The molecular formula is C14H10FN3O. The van der Waals surface area contributed by atoms with Crippen molar-refractivity contribution < 1.29 is 9.18 Å². The number of amides is 1. The van der Waals surface area contributed by atoms with Crippen LogP contribution in [0.3, 0.4) is 0 Å². The molecule has 0 bridgehead atoms. The Morgan fingerprint density at radius 2 is 2.11 bits per heavy atom. The van der Waals surface area contributed by atoms with Crippen molar-refractivity contribution >= 4 is 16.9 Å². The summed E-state index contributed by atoms with van der Waals surface area (Å²) in [6.45, 7) is 0. The maximum atomic E-state index is 13.2. The van der Waals surface area contributed by atoms with Crippen LogP contribution in [0.25, 0.3) is 22.2 Å². The maximum Gasteiger partial charge on any atom is 0.250 e. The van der Waals surface area contributed by atoms with Gasteiger partial charge >= 0.3 is 0 Å². The Bertz CT molecular complexity index is 779. The van der Waals surface area contributed by atoms with E-state index in [2.05, 4.69) is 9.97 Å². The van der Waals surface area contributed by atoms with Gasteiger partial charge in [0.15, 0.2) is 0 Å². The van der Waals surface area contributed by atoms with Gasteiger partial charge in [0.05, 0.1) is 5.56 Å².